The monoisotopic (exact) mass is 340 g/mol. The largest absolute Gasteiger partial charge is 0.353 e. The summed E-state index contributed by atoms with van der Waals surface area (Å²) in [7, 11) is 0. The van der Waals surface area contributed by atoms with Crippen molar-refractivity contribution in [3.8, 4) is 22.6 Å². The van der Waals surface area contributed by atoms with Crippen molar-refractivity contribution in [3.63, 3.8) is 0 Å². The number of fused-ring (bicyclic) bond motifs is 1. The third-order valence-corrected chi connectivity index (χ3v) is 5.04. The van der Waals surface area contributed by atoms with E-state index in [1.54, 1.807) is 0 Å². The first-order valence-electron chi connectivity index (χ1n) is 9.19. The maximum atomic E-state index is 4.98. The van der Waals surface area contributed by atoms with Gasteiger partial charge in [0.15, 0.2) is 0 Å². The van der Waals surface area contributed by atoms with Gasteiger partial charge in [0, 0.05) is 11.1 Å². The standard InChI is InChI=1S/C24H24N2/c1-15(2)19-10-7-17(4)24-20(19)11-12-23(26-24)22-14-13-21(25-22)18-8-5-16(3)6-9-18/h5-15,25H,1-4H3. The normalized spacial score (nSPS) is 11.4. The molecule has 2 heterocycles. The van der Waals surface area contributed by atoms with Crippen LogP contribution in [0.15, 0.2) is 60.7 Å². The number of H-pyrrole nitrogens is 1. The number of benzene rings is 2. The van der Waals surface area contributed by atoms with E-state index in [2.05, 4.69) is 93.3 Å². The summed E-state index contributed by atoms with van der Waals surface area (Å²) in [5.74, 6) is 0.490. The molecule has 0 bridgehead atoms. The second-order valence-corrected chi connectivity index (χ2v) is 7.37. The first kappa shape index (κ1) is 16.6. The fourth-order valence-corrected chi connectivity index (χ4v) is 3.48. The molecule has 2 aromatic carbocycles. The molecular weight excluding hydrogens is 316 g/mol. The zero-order chi connectivity index (χ0) is 18.3. The average Bonchev–Trinajstić information content (AvgIpc) is 3.12. The van der Waals surface area contributed by atoms with Crippen LogP contribution in [0.25, 0.3) is 33.5 Å². The molecule has 0 aliphatic heterocycles. The van der Waals surface area contributed by atoms with Gasteiger partial charge in [-0.05, 0) is 54.7 Å². The highest BCUT2D eigenvalue weighted by atomic mass is 14.8. The summed E-state index contributed by atoms with van der Waals surface area (Å²) in [6, 6.07) is 21.6. The number of aromatic amines is 1. The second-order valence-electron chi connectivity index (χ2n) is 7.37. The molecule has 26 heavy (non-hydrogen) atoms. The van der Waals surface area contributed by atoms with Gasteiger partial charge in [-0.1, -0.05) is 61.9 Å². The van der Waals surface area contributed by atoms with Crippen molar-refractivity contribution in [1.82, 2.24) is 9.97 Å². The molecule has 0 saturated heterocycles. The molecule has 2 heteroatoms. The first-order valence-corrected chi connectivity index (χ1v) is 9.19. The molecule has 0 aliphatic carbocycles. The summed E-state index contributed by atoms with van der Waals surface area (Å²) in [6.07, 6.45) is 0. The SMILES string of the molecule is Cc1ccc(-c2ccc(-c3ccc4c(C(C)C)ccc(C)c4n3)[nH]2)cc1. The van der Waals surface area contributed by atoms with Gasteiger partial charge in [0.05, 0.1) is 16.9 Å². The van der Waals surface area contributed by atoms with Crippen molar-refractivity contribution in [2.24, 2.45) is 0 Å². The topological polar surface area (TPSA) is 28.7 Å². The van der Waals surface area contributed by atoms with E-state index in [9.17, 15) is 0 Å². The Morgan fingerprint density at radius 1 is 0.769 bits per heavy atom. The lowest BCUT2D eigenvalue weighted by atomic mass is 9.96. The van der Waals surface area contributed by atoms with Crippen LogP contribution >= 0.6 is 0 Å². The van der Waals surface area contributed by atoms with Gasteiger partial charge in [0.1, 0.15) is 0 Å². The Bertz CT molecular complexity index is 1070. The fraction of sp³-hybridized carbons (Fsp3) is 0.208. The first-order chi connectivity index (χ1) is 12.5. The fourth-order valence-electron chi connectivity index (χ4n) is 3.48. The number of nitrogens with one attached hydrogen (secondary N) is 1. The van der Waals surface area contributed by atoms with E-state index in [-0.39, 0.29) is 0 Å². The molecular formula is C24H24N2. The number of pyridine rings is 1. The van der Waals surface area contributed by atoms with Gasteiger partial charge in [-0.2, -0.15) is 0 Å². The second kappa shape index (κ2) is 6.45. The lowest BCUT2D eigenvalue weighted by Crippen LogP contribution is -1.94. The number of nitrogens with zero attached hydrogens (tertiary/aromatic N) is 1. The Morgan fingerprint density at radius 2 is 1.50 bits per heavy atom. The van der Waals surface area contributed by atoms with E-state index in [4.69, 9.17) is 4.98 Å². The molecule has 0 unspecified atom stereocenters. The Labute approximate surface area is 154 Å². The molecule has 1 N–H and O–H groups in total. The van der Waals surface area contributed by atoms with E-state index in [1.165, 1.54) is 27.6 Å². The molecule has 4 rings (SSSR count). The van der Waals surface area contributed by atoms with Gasteiger partial charge in [0.2, 0.25) is 0 Å². The highest BCUT2D eigenvalue weighted by Gasteiger charge is 2.11. The van der Waals surface area contributed by atoms with E-state index < -0.39 is 0 Å². The Balaban J connectivity index is 1.78. The van der Waals surface area contributed by atoms with Crippen LogP contribution in [0.5, 0.6) is 0 Å². The Kier molecular flexibility index (Phi) is 4.12. The van der Waals surface area contributed by atoms with Gasteiger partial charge in [-0.15, -0.1) is 0 Å². The molecule has 2 aromatic heterocycles. The summed E-state index contributed by atoms with van der Waals surface area (Å²) in [4.78, 5) is 8.50. The van der Waals surface area contributed by atoms with Crippen LogP contribution in [0, 0.1) is 13.8 Å². The van der Waals surface area contributed by atoms with Crippen molar-refractivity contribution in [2.45, 2.75) is 33.6 Å². The smallest absolute Gasteiger partial charge is 0.0872 e. The van der Waals surface area contributed by atoms with Crippen molar-refractivity contribution in [2.75, 3.05) is 0 Å². The highest BCUT2D eigenvalue weighted by Crippen LogP contribution is 2.30. The summed E-state index contributed by atoms with van der Waals surface area (Å²) in [6.45, 7) is 8.71. The number of aryl methyl sites for hydroxylation is 2. The van der Waals surface area contributed by atoms with E-state index in [0.717, 1.165) is 22.6 Å². The maximum absolute atomic E-state index is 4.98. The van der Waals surface area contributed by atoms with Crippen LogP contribution < -0.4 is 0 Å². The van der Waals surface area contributed by atoms with Crippen LogP contribution in [-0.2, 0) is 0 Å². The summed E-state index contributed by atoms with van der Waals surface area (Å²) >= 11 is 0. The average molecular weight is 340 g/mol. The quantitative estimate of drug-likeness (QED) is 0.445. The molecule has 0 radical (unpaired) electrons. The number of rotatable bonds is 3. The van der Waals surface area contributed by atoms with Crippen LogP contribution in [0.2, 0.25) is 0 Å². The molecule has 0 amide bonds. The van der Waals surface area contributed by atoms with Gasteiger partial charge >= 0.3 is 0 Å². The molecule has 0 spiro atoms. The van der Waals surface area contributed by atoms with Crippen LogP contribution in [0.1, 0.15) is 36.5 Å². The predicted octanol–water partition coefficient (Wildman–Crippen LogP) is 6.64. The van der Waals surface area contributed by atoms with Gasteiger partial charge in [-0.3, -0.25) is 0 Å². The van der Waals surface area contributed by atoms with Gasteiger partial charge in [0.25, 0.3) is 0 Å². The number of aromatic nitrogens is 2. The van der Waals surface area contributed by atoms with Gasteiger partial charge in [-0.25, -0.2) is 4.98 Å². The molecule has 2 nitrogen and oxygen atoms in total. The van der Waals surface area contributed by atoms with Gasteiger partial charge < -0.3 is 4.98 Å². The van der Waals surface area contributed by atoms with Crippen molar-refractivity contribution < 1.29 is 0 Å². The molecule has 0 saturated carbocycles. The molecule has 4 aromatic rings. The number of hydrogen-bond donors (Lipinski definition) is 1. The molecule has 0 fully saturated rings. The van der Waals surface area contributed by atoms with E-state index >= 15 is 0 Å². The maximum Gasteiger partial charge on any atom is 0.0872 e. The van der Waals surface area contributed by atoms with Crippen LogP contribution in [0.3, 0.4) is 0 Å². The zero-order valence-electron chi connectivity index (χ0n) is 15.8. The molecule has 0 aliphatic rings. The Morgan fingerprint density at radius 3 is 2.23 bits per heavy atom. The number of hydrogen-bond acceptors (Lipinski definition) is 1. The van der Waals surface area contributed by atoms with Crippen molar-refractivity contribution in [3.05, 3.63) is 77.4 Å². The lowest BCUT2D eigenvalue weighted by molar-refractivity contribution is 0.875. The highest BCUT2D eigenvalue weighted by molar-refractivity contribution is 5.87. The molecule has 0 atom stereocenters. The minimum Gasteiger partial charge on any atom is -0.353 e. The predicted molar refractivity (Wildman–Crippen MR) is 111 cm³/mol. The lowest BCUT2D eigenvalue weighted by Gasteiger charge is -2.12. The Hall–Kier alpha value is -2.87. The van der Waals surface area contributed by atoms with E-state index in [0.29, 0.717) is 5.92 Å². The van der Waals surface area contributed by atoms with Crippen molar-refractivity contribution >= 4 is 10.9 Å². The third kappa shape index (κ3) is 2.92. The van der Waals surface area contributed by atoms with Crippen LogP contribution in [-0.4, -0.2) is 9.97 Å². The zero-order valence-corrected chi connectivity index (χ0v) is 15.8. The third-order valence-electron chi connectivity index (χ3n) is 5.04. The van der Waals surface area contributed by atoms with Crippen LogP contribution in [0.4, 0.5) is 0 Å². The summed E-state index contributed by atoms with van der Waals surface area (Å²) < 4.78 is 0. The minimum absolute atomic E-state index is 0.490. The van der Waals surface area contributed by atoms with Crippen molar-refractivity contribution in [1.29, 1.82) is 0 Å². The molecule has 130 valence electrons. The summed E-state index contributed by atoms with van der Waals surface area (Å²) in [5, 5.41) is 1.26. The summed E-state index contributed by atoms with van der Waals surface area (Å²) in [5.41, 5.74) is 9.30. The van der Waals surface area contributed by atoms with E-state index in [1.807, 2.05) is 0 Å². The minimum atomic E-state index is 0.490.